The predicted molar refractivity (Wildman–Crippen MR) is 71.4 cm³/mol. The smallest absolute Gasteiger partial charge is 0.329 e. The van der Waals surface area contributed by atoms with Crippen LogP contribution in [0.5, 0.6) is 5.75 Å². The van der Waals surface area contributed by atoms with Gasteiger partial charge in [-0.3, -0.25) is 4.79 Å². The maximum absolute atomic E-state index is 13.5. The van der Waals surface area contributed by atoms with Crippen molar-refractivity contribution in [1.29, 1.82) is 0 Å². The molecular weight excluding hydrogens is 265 g/mol. The Labute approximate surface area is 116 Å². The van der Waals surface area contributed by atoms with Crippen molar-refractivity contribution in [2.24, 2.45) is 0 Å². The minimum Gasteiger partial charge on any atom is -0.494 e. The Morgan fingerprint density at radius 2 is 2.10 bits per heavy atom. The highest BCUT2D eigenvalue weighted by molar-refractivity contribution is 5.97. The topological polar surface area (TPSA) is 75.6 Å². The van der Waals surface area contributed by atoms with Crippen LogP contribution >= 0.6 is 0 Å². The largest absolute Gasteiger partial charge is 0.494 e. The molecule has 0 fully saturated rings. The van der Waals surface area contributed by atoms with Gasteiger partial charge in [0.15, 0.2) is 11.6 Å². The fourth-order valence-electron chi connectivity index (χ4n) is 1.85. The van der Waals surface area contributed by atoms with Gasteiger partial charge in [-0.15, -0.1) is 0 Å². The first-order valence-corrected chi connectivity index (χ1v) is 6.23. The molecule has 1 rings (SSSR count). The number of nitrogens with one attached hydrogen (secondary N) is 1. The van der Waals surface area contributed by atoms with Crippen molar-refractivity contribution >= 4 is 11.9 Å². The van der Waals surface area contributed by atoms with E-state index >= 15 is 0 Å². The number of rotatable bonds is 6. The summed E-state index contributed by atoms with van der Waals surface area (Å²) < 4.78 is 18.3. The normalized spacial score (nSPS) is 13.4. The standard InChI is InChI=1S/C14H18FNO4/c1-4-7-14(2,13(18)19)16-12(17)9-5-6-11(20-3)10(15)8-9/h5-6,8H,4,7H2,1-3H3,(H,16,17)(H,18,19). The van der Waals surface area contributed by atoms with Crippen molar-refractivity contribution < 1.29 is 23.8 Å². The summed E-state index contributed by atoms with van der Waals surface area (Å²) >= 11 is 0. The maximum Gasteiger partial charge on any atom is 0.329 e. The Bertz CT molecular complexity index is 518. The summed E-state index contributed by atoms with van der Waals surface area (Å²) in [6, 6.07) is 3.72. The molecule has 0 aliphatic rings. The quantitative estimate of drug-likeness (QED) is 0.839. The molecule has 6 heteroatoms. The summed E-state index contributed by atoms with van der Waals surface area (Å²) in [7, 11) is 1.32. The van der Waals surface area contributed by atoms with Crippen LogP contribution in [0.1, 0.15) is 37.0 Å². The summed E-state index contributed by atoms with van der Waals surface area (Å²) in [6.07, 6.45) is 0.882. The van der Waals surface area contributed by atoms with Gasteiger partial charge in [0.1, 0.15) is 5.54 Å². The highest BCUT2D eigenvalue weighted by atomic mass is 19.1. The van der Waals surface area contributed by atoms with Crippen molar-refractivity contribution in [3.05, 3.63) is 29.6 Å². The molecule has 20 heavy (non-hydrogen) atoms. The number of hydrogen-bond donors (Lipinski definition) is 2. The second kappa shape index (κ2) is 6.36. The van der Waals surface area contributed by atoms with E-state index < -0.39 is 23.2 Å². The lowest BCUT2D eigenvalue weighted by Crippen LogP contribution is -2.52. The number of carbonyl (C=O) groups excluding carboxylic acids is 1. The molecular formula is C14H18FNO4. The molecule has 0 saturated heterocycles. The Hall–Kier alpha value is -2.11. The van der Waals surface area contributed by atoms with E-state index in [1.165, 1.54) is 26.2 Å². The molecule has 0 aromatic heterocycles. The van der Waals surface area contributed by atoms with Crippen molar-refractivity contribution in [3.63, 3.8) is 0 Å². The van der Waals surface area contributed by atoms with E-state index in [9.17, 15) is 19.1 Å². The van der Waals surface area contributed by atoms with Gasteiger partial charge in [-0.1, -0.05) is 13.3 Å². The SMILES string of the molecule is CCCC(C)(NC(=O)c1ccc(OC)c(F)c1)C(=O)O. The number of hydrogen-bond acceptors (Lipinski definition) is 3. The number of carboxylic acid groups (broad SMARTS) is 1. The fourth-order valence-corrected chi connectivity index (χ4v) is 1.85. The van der Waals surface area contributed by atoms with Crippen molar-refractivity contribution in [2.45, 2.75) is 32.2 Å². The first-order chi connectivity index (χ1) is 9.34. The second-order valence-electron chi connectivity index (χ2n) is 4.69. The first-order valence-electron chi connectivity index (χ1n) is 6.23. The van der Waals surface area contributed by atoms with E-state index in [0.29, 0.717) is 6.42 Å². The van der Waals surface area contributed by atoms with Crippen LogP contribution in [0.4, 0.5) is 4.39 Å². The molecule has 1 unspecified atom stereocenters. The number of carbonyl (C=O) groups is 2. The van der Waals surface area contributed by atoms with Crippen LogP contribution in [-0.4, -0.2) is 29.6 Å². The highest BCUT2D eigenvalue weighted by Crippen LogP contribution is 2.19. The molecule has 1 amide bonds. The van der Waals surface area contributed by atoms with Crippen LogP contribution in [0, 0.1) is 5.82 Å². The number of carboxylic acids is 1. The van der Waals surface area contributed by atoms with E-state index in [4.69, 9.17) is 4.74 Å². The fraction of sp³-hybridized carbons (Fsp3) is 0.429. The maximum atomic E-state index is 13.5. The van der Waals surface area contributed by atoms with E-state index in [0.717, 1.165) is 6.07 Å². The van der Waals surface area contributed by atoms with Gasteiger partial charge in [0.05, 0.1) is 7.11 Å². The third-order valence-corrected chi connectivity index (χ3v) is 3.03. The zero-order chi connectivity index (χ0) is 15.3. The molecule has 0 bridgehead atoms. The van der Waals surface area contributed by atoms with Crippen LogP contribution in [0.3, 0.4) is 0 Å². The summed E-state index contributed by atoms with van der Waals surface area (Å²) in [4.78, 5) is 23.2. The third kappa shape index (κ3) is 3.46. The third-order valence-electron chi connectivity index (χ3n) is 3.03. The van der Waals surface area contributed by atoms with Gasteiger partial charge >= 0.3 is 5.97 Å². The van der Waals surface area contributed by atoms with Crippen LogP contribution in [0.15, 0.2) is 18.2 Å². The average Bonchev–Trinajstić information content (AvgIpc) is 2.38. The minimum absolute atomic E-state index is 0.0242. The van der Waals surface area contributed by atoms with Crippen molar-refractivity contribution in [1.82, 2.24) is 5.32 Å². The first kappa shape index (κ1) is 15.9. The molecule has 5 nitrogen and oxygen atoms in total. The van der Waals surface area contributed by atoms with Crippen LogP contribution in [0.25, 0.3) is 0 Å². The van der Waals surface area contributed by atoms with Gasteiger partial charge in [-0.25, -0.2) is 9.18 Å². The lowest BCUT2D eigenvalue weighted by Gasteiger charge is -2.25. The number of methoxy groups -OCH3 is 1. The van der Waals surface area contributed by atoms with Crippen LogP contribution < -0.4 is 10.1 Å². The molecule has 1 aromatic carbocycles. The molecule has 1 atom stereocenters. The zero-order valence-corrected chi connectivity index (χ0v) is 11.7. The van der Waals surface area contributed by atoms with Crippen LogP contribution in [0.2, 0.25) is 0 Å². The molecule has 0 heterocycles. The highest BCUT2D eigenvalue weighted by Gasteiger charge is 2.34. The summed E-state index contributed by atoms with van der Waals surface area (Å²) in [5.74, 6) is -2.41. The van der Waals surface area contributed by atoms with Gasteiger partial charge in [0, 0.05) is 5.56 Å². The predicted octanol–water partition coefficient (Wildman–Crippen LogP) is 2.21. The number of amides is 1. The minimum atomic E-state index is -1.37. The molecule has 0 aliphatic heterocycles. The molecule has 0 radical (unpaired) electrons. The van der Waals surface area contributed by atoms with Crippen LogP contribution in [-0.2, 0) is 4.79 Å². The zero-order valence-electron chi connectivity index (χ0n) is 11.7. The van der Waals surface area contributed by atoms with E-state index in [-0.39, 0.29) is 17.7 Å². The van der Waals surface area contributed by atoms with E-state index in [2.05, 4.69) is 5.32 Å². The average molecular weight is 283 g/mol. The van der Waals surface area contributed by atoms with Crippen molar-refractivity contribution in [2.75, 3.05) is 7.11 Å². The van der Waals surface area contributed by atoms with Gasteiger partial charge in [-0.05, 0) is 31.5 Å². The van der Waals surface area contributed by atoms with E-state index in [1.807, 2.05) is 6.92 Å². The van der Waals surface area contributed by atoms with Gasteiger partial charge in [0.2, 0.25) is 0 Å². The molecule has 0 saturated carbocycles. The number of aliphatic carboxylic acids is 1. The summed E-state index contributed by atoms with van der Waals surface area (Å²) in [6.45, 7) is 3.25. The lowest BCUT2D eigenvalue weighted by atomic mass is 9.95. The summed E-state index contributed by atoms with van der Waals surface area (Å²) in [5, 5.41) is 11.6. The Morgan fingerprint density at radius 3 is 2.55 bits per heavy atom. The molecule has 0 spiro atoms. The summed E-state index contributed by atoms with van der Waals surface area (Å²) in [5.41, 5.74) is -1.32. The molecule has 2 N–H and O–H groups in total. The lowest BCUT2D eigenvalue weighted by molar-refractivity contribution is -0.144. The van der Waals surface area contributed by atoms with Gasteiger partial charge in [-0.2, -0.15) is 0 Å². The molecule has 0 aliphatic carbocycles. The second-order valence-corrected chi connectivity index (χ2v) is 4.69. The van der Waals surface area contributed by atoms with Crippen molar-refractivity contribution in [3.8, 4) is 5.75 Å². The number of ether oxygens (including phenoxy) is 1. The Balaban J connectivity index is 2.95. The van der Waals surface area contributed by atoms with Gasteiger partial charge < -0.3 is 15.2 Å². The number of halogens is 1. The Morgan fingerprint density at radius 1 is 1.45 bits per heavy atom. The Kier molecular flexibility index (Phi) is 5.07. The number of benzene rings is 1. The molecule has 110 valence electrons. The van der Waals surface area contributed by atoms with Gasteiger partial charge in [0.25, 0.3) is 5.91 Å². The van der Waals surface area contributed by atoms with E-state index in [1.54, 1.807) is 0 Å². The monoisotopic (exact) mass is 283 g/mol. The molecule has 1 aromatic rings.